The van der Waals surface area contributed by atoms with Gasteiger partial charge in [-0.3, -0.25) is 19.6 Å². The van der Waals surface area contributed by atoms with E-state index in [2.05, 4.69) is 10.4 Å². The van der Waals surface area contributed by atoms with E-state index in [4.69, 9.17) is 11.6 Å². The first-order valence-corrected chi connectivity index (χ1v) is 10.3. The lowest BCUT2D eigenvalue weighted by molar-refractivity contribution is -0.122. The molecule has 0 bridgehead atoms. The van der Waals surface area contributed by atoms with Gasteiger partial charge in [-0.1, -0.05) is 48.9 Å². The molecule has 2 aromatic carbocycles. The average molecular weight is 437 g/mol. The lowest BCUT2D eigenvalue weighted by Crippen LogP contribution is -2.31. The summed E-state index contributed by atoms with van der Waals surface area (Å²) in [6, 6.07) is 14.0. The van der Waals surface area contributed by atoms with Crippen molar-refractivity contribution in [3.63, 3.8) is 0 Å². The number of para-hydroxylation sites is 1. The van der Waals surface area contributed by atoms with Gasteiger partial charge >= 0.3 is 6.03 Å². The smallest absolute Gasteiger partial charge is 0.303 e. The Balaban J connectivity index is 1.90. The first-order valence-electron chi connectivity index (χ1n) is 9.92. The number of hydrogen-bond acceptors (Lipinski definition) is 3. The predicted molar refractivity (Wildman–Crippen MR) is 120 cm³/mol. The highest BCUT2D eigenvalue weighted by molar-refractivity contribution is 6.30. The minimum atomic E-state index is -0.485. The quantitative estimate of drug-likeness (QED) is 0.466. The number of halogens is 1. The molecule has 0 aliphatic carbocycles. The number of rotatable bonds is 5. The molecule has 1 aromatic heterocycles. The van der Waals surface area contributed by atoms with Crippen LogP contribution in [0.1, 0.15) is 24.5 Å². The molecule has 158 valence electrons. The number of aromatic nitrogens is 2. The summed E-state index contributed by atoms with van der Waals surface area (Å²) in [5, 5.41) is 6.30. The molecule has 0 radical (unpaired) electrons. The molecule has 1 aliphatic heterocycles. The number of nitrogens with zero attached hydrogens (tertiary/aromatic N) is 2. The number of hydrogen-bond donors (Lipinski definition) is 2. The maximum atomic E-state index is 13.4. The summed E-state index contributed by atoms with van der Waals surface area (Å²) in [6.45, 7) is 4.10. The maximum absolute atomic E-state index is 13.4. The summed E-state index contributed by atoms with van der Waals surface area (Å²) in [6.07, 6.45) is 2.08. The fraction of sp³-hybridized carbons (Fsp3) is 0.174. The van der Waals surface area contributed by atoms with Crippen LogP contribution in [0.4, 0.5) is 4.79 Å². The van der Waals surface area contributed by atoms with Gasteiger partial charge in [0.25, 0.3) is 11.5 Å². The first-order chi connectivity index (χ1) is 14.9. The third-order valence-electron chi connectivity index (χ3n) is 5.11. The number of carbonyl (C=O) groups is 2. The Morgan fingerprint density at radius 3 is 2.42 bits per heavy atom. The lowest BCUT2D eigenvalue weighted by Gasteiger charge is -2.08. The van der Waals surface area contributed by atoms with E-state index in [0.717, 1.165) is 16.0 Å². The van der Waals surface area contributed by atoms with E-state index in [1.54, 1.807) is 24.3 Å². The van der Waals surface area contributed by atoms with Crippen molar-refractivity contribution in [2.24, 2.45) is 0 Å². The Morgan fingerprint density at radius 1 is 1.03 bits per heavy atom. The number of aromatic amines is 1. The van der Waals surface area contributed by atoms with Gasteiger partial charge < -0.3 is 5.32 Å². The number of aryl methyl sites for hydroxylation is 1. The van der Waals surface area contributed by atoms with Crippen LogP contribution in [0.2, 0.25) is 5.02 Å². The highest BCUT2D eigenvalue weighted by Gasteiger charge is 2.33. The van der Waals surface area contributed by atoms with Crippen LogP contribution in [0, 0.1) is 6.92 Å². The van der Waals surface area contributed by atoms with Crippen LogP contribution >= 0.6 is 11.6 Å². The number of H-pyrrole nitrogens is 1. The number of urea groups is 1. The van der Waals surface area contributed by atoms with Crippen LogP contribution in [-0.4, -0.2) is 33.2 Å². The van der Waals surface area contributed by atoms with Gasteiger partial charge in [0.05, 0.1) is 16.9 Å². The van der Waals surface area contributed by atoms with E-state index >= 15 is 0 Å². The molecule has 8 heteroatoms. The van der Waals surface area contributed by atoms with Gasteiger partial charge in [-0.25, -0.2) is 9.48 Å². The second kappa shape index (κ2) is 8.28. The van der Waals surface area contributed by atoms with E-state index in [9.17, 15) is 14.4 Å². The Bertz CT molecular complexity index is 1250. The van der Waals surface area contributed by atoms with Gasteiger partial charge in [-0.2, -0.15) is 0 Å². The molecule has 2 heterocycles. The number of carbonyl (C=O) groups excluding carboxylic acids is 2. The average Bonchev–Trinajstić information content (AvgIpc) is 3.21. The third-order valence-corrected chi connectivity index (χ3v) is 5.37. The first kappa shape index (κ1) is 20.7. The molecule has 0 unspecified atom stereocenters. The Morgan fingerprint density at radius 2 is 1.74 bits per heavy atom. The van der Waals surface area contributed by atoms with E-state index in [1.807, 2.05) is 38.1 Å². The molecule has 4 rings (SSSR count). The number of imide groups is 1. The predicted octanol–water partition coefficient (Wildman–Crippen LogP) is 4.10. The van der Waals surface area contributed by atoms with Gasteiger partial charge in [0.15, 0.2) is 0 Å². The highest BCUT2D eigenvalue weighted by Crippen LogP contribution is 2.26. The number of benzene rings is 2. The van der Waals surface area contributed by atoms with Crippen LogP contribution in [0.15, 0.2) is 59.0 Å². The Labute approximate surface area is 183 Å². The summed E-state index contributed by atoms with van der Waals surface area (Å²) in [5.41, 5.74) is 2.86. The number of nitrogens with one attached hydrogen (secondary N) is 2. The van der Waals surface area contributed by atoms with Crippen LogP contribution < -0.4 is 10.9 Å². The van der Waals surface area contributed by atoms with Crippen LogP contribution in [0.5, 0.6) is 0 Å². The van der Waals surface area contributed by atoms with Crippen molar-refractivity contribution in [2.45, 2.75) is 20.3 Å². The van der Waals surface area contributed by atoms with Crippen LogP contribution in [0.3, 0.4) is 0 Å². The summed E-state index contributed by atoms with van der Waals surface area (Å²) < 4.78 is 1.44. The molecule has 3 amide bonds. The molecule has 2 N–H and O–H groups in total. The SMILES string of the molecule is CCCN1C(=O)N/C(=C\c2c(-c3ccc(Cl)cc3)[nH]n(-c3ccccc3C)c2=O)C1=O. The van der Waals surface area contributed by atoms with Crippen molar-refractivity contribution in [2.75, 3.05) is 6.54 Å². The maximum Gasteiger partial charge on any atom is 0.329 e. The van der Waals surface area contributed by atoms with Crippen LogP contribution in [-0.2, 0) is 4.79 Å². The van der Waals surface area contributed by atoms with Gasteiger partial charge in [0, 0.05) is 17.1 Å². The standard InChI is InChI=1S/C23H21ClN4O3/c1-3-12-27-22(30)18(25-23(27)31)13-17-20(15-8-10-16(24)11-9-15)26-28(21(17)29)19-7-5-4-6-14(19)2/h4-11,13,26H,3,12H2,1-2H3,(H,25,31)/b18-13-. The molecule has 1 aliphatic rings. The van der Waals surface area contributed by atoms with E-state index in [0.29, 0.717) is 29.4 Å². The van der Waals surface area contributed by atoms with Crippen molar-refractivity contribution in [1.29, 1.82) is 0 Å². The third kappa shape index (κ3) is 3.80. The minimum Gasteiger partial charge on any atom is -0.303 e. The largest absolute Gasteiger partial charge is 0.329 e. The van der Waals surface area contributed by atoms with Gasteiger partial charge in [-0.15, -0.1) is 0 Å². The van der Waals surface area contributed by atoms with Crippen molar-refractivity contribution in [3.8, 4) is 16.9 Å². The topological polar surface area (TPSA) is 87.2 Å². The van der Waals surface area contributed by atoms with Crippen molar-refractivity contribution >= 4 is 29.6 Å². The molecule has 7 nitrogen and oxygen atoms in total. The molecule has 0 saturated carbocycles. The molecule has 1 fully saturated rings. The zero-order valence-corrected chi connectivity index (χ0v) is 17.9. The second-order valence-electron chi connectivity index (χ2n) is 7.28. The number of amides is 3. The molecule has 31 heavy (non-hydrogen) atoms. The molecule has 1 saturated heterocycles. The fourth-order valence-corrected chi connectivity index (χ4v) is 3.67. The van der Waals surface area contributed by atoms with Crippen molar-refractivity contribution in [1.82, 2.24) is 20.0 Å². The molecular weight excluding hydrogens is 416 g/mol. The van der Waals surface area contributed by atoms with E-state index in [-0.39, 0.29) is 16.8 Å². The zero-order chi connectivity index (χ0) is 22.1. The molecular formula is C23H21ClN4O3. The molecule has 3 aromatic rings. The lowest BCUT2D eigenvalue weighted by atomic mass is 10.1. The summed E-state index contributed by atoms with van der Waals surface area (Å²) in [7, 11) is 0. The fourth-order valence-electron chi connectivity index (χ4n) is 3.55. The normalized spacial score (nSPS) is 15.1. The summed E-state index contributed by atoms with van der Waals surface area (Å²) >= 11 is 6.02. The highest BCUT2D eigenvalue weighted by atomic mass is 35.5. The summed E-state index contributed by atoms with van der Waals surface area (Å²) in [5.74, 6) is -0.447. The van der Waals surface area contributed by atoms with Gasteiger partial charge in [-0.05, 0) is 43.2 Å². The van der Waals surface area contributed by atoms with Crippen molar-refractivity contribution in [3.05, 3.63) is 80.7 Å². The monoisotopic (exact) mass is 436 g/mol. The Hall–Kier alpha value is -3.58. The second-order valence-corrected chi connectivity index (χ2v) is 7.72. The molecule has 0 atom stereocenters. The van der Waals surface area contributed by atoms with Crippen LogP contribution in [0.25, 0.3) is 23.0 Å². The van der Waals surface area contributed by atoms with Gasteiger partial charge in [0.2, 0.25) is 0 Å². The van der Waals surface area contributed by atoms with E-state index in [1.165, 1.54) is 10.8 Å². The van der Waals surface area contributed by atoms with Gasteiger partial charge in [0.1, 0.15) is 5.70 Å². The van der Waals surface area contributed by atoms with Crippen molar-refractivity contribution < 1.29 is 9.59 Å². The zero-order valence-electron chi connectivity index (χ0n) is 17.1. The van der Waals surface area contributed by atoms with E-state index < -0.39 is 11.9 Å². The molecule has 0 spiro atoms. The summed E-state index contributed by atoms with van der Waals surface area (Å²) in [4.78, 5) is 39.4. The Kier molecular flexibility index (Phi) is 5.52. The minimum absolute atomic E-state index is 0.0710.